The Morgan fingerprint density at radius 2 is 1.94 bits per heavy atom. The van der Waals surface area contributed by atoms with E-state index in [2.05, 4.69) is 4.98 Å². The molecular weight excluding hydrogens is 212 g/mol. The van der Waals surface area contributed by atoms with Gasteiger partial charge < -0.3 is 5.73 Å². The van der Waals surface area contributed by atoms with Crippen LogP contribution < -0.4 is 5.73 Å². The number of benzene rings is 1. The molecule has 1 aliphatic rings. The Kier molecular flexibility index (Phi) is 3.38. The Bertz CT molecular complexity index is 544. The summed E-state index contributed by atoms with van der Waals surface area (Å²) in [5, 5.41) is 0.901. The van der Waals surface area contributed by atoms with Crippen LogP contribution in [0.25, 0.3) is 10.9 Å². The number of hydrogen-bond donors (Lipinski definition) is 1. The number of fused-ring (bicyclic) bond motifs is 1. The van der Waals surface area contributed by atoms with Gasteiger partial charge in [0.05, 0.1) is 5.52 Å². The fourth-order valence-corrected chi connectivity index (χ4v) is 1.34. The maximum absolute atomic E-state index is 11.1. The largest absolute Gasteiger partial charge is 0.399 e. The number of nitrogens with two attached hydrogens (primary N) is 1. The third-order valence-corrected chi connectivity index (χ3v) is 2.47. The van der Waals surface area contributed by atoms with Crippen LogP contribution in [0.4, 0.5) is 5.69 Å². The second-order valence-corrected chi connectivity index (χ2v) is 4.29. The molecule has 0 aliphatic heterocycles. The Labute approximate surface area is 101 Å². The lowest BCUT2D eigenvalue weighted by atomic mass is 10.1. The molecule has 88 valence electrons. The average molecular weight is 228 g/mol. The van der Waals surface area contributed by atoms with Gasteiger partial charge in [-0.2, -0.15) is 0 Å². The summed E-state index contributed by atoms with van der Waals surface area (Å²) in [7, 11) is 0. The first kappa shape index (κ1) is 11.6. The number of carbonyl (C=O) groups is 1. The zero-order valence-corrected chi connectivity index (χ0v) is 9.94. The number of rotatable bonds is 1. The molecule has 3 heteroatoms. The standard InChI is InChI=1S/C11H10N2O.C3H6/c1-7(14)9-4-8-5-10(12)2-3-11(8)13-6-9;1-2-3-1/h2-6H,12H2,1H3;1-3H2. The molecule has 3 rings (SSSR count). The number of aromatic nitrogens is 1. The van der Waals surface area contributed by atoms with Gasteiger partial charge in [0.15, 0.2) is 5.78 Å². The van der Waals surface area contributed by atoms with Crippen molar-refractivity contribution in [3.63, 3.8) is 0 Å². The first-order valence-corrected chi connectivity index (χ1v) is 5.83. The quantitative estimate of drug-likeness (QED) is 0.602. The summed E-state index contributed by atoms with van der Waals surface area (Å²) in [6.45, 7) is 1.52. The summed E-state index contributed by atoms with van der Waals surface area (Å²) in [4.78, 5) is 15.3. The van der Waals surface area contributed by atoms with E-state index in [0.29, 0.717) is 11.3 Å². The highest BCUT2D eigenvalue weighted by atomic mass is 16.1. The lowest BCUT2D eigenvalue weighted by Gasteiger charge is -2.00. The third-order valence-electron chi connectivity index (χ3n) is 2.47. The van der Waals surface area contributed by atoms with E-state index in [1.165, 1.54) is 26.2 Å². The molecule has 0 radical (unpaired) electrons. The molecule has 0 unspecified atom stereocenters. The maximum atomic E-state index is 11.1. The molecule has 0 bridgehead atoms. The number of ketones is 1. The summed E-state index contributed by atoms with van der Waals surface area (Å²) in [6.07, 6.45) is 6.08. The average Bonchev–Trinajstić information content (AvgIpc) is 3.15. The van der Waals surface area contributed by atoms with E-state index in [1.54, 1.807) is 18.3 Å². The summed E-state index contributed by atoms with van der Waals surface area (Å²) in [5.74, 6) is 0.0156. The van der Waals surface area contributed by atoms with Crippen molar-refractivity contribution in [3.8, 4) is 0 Å². The first-order valence-electron chi connectivity index (χ1n) is 5.83. The van der Waals surface area contributed by atoms with Gasteiger partial charge in [-0.1, -0.05) is 19.3 Å². The minimum absolute atomic E-state index is 0.0156. The van der Waals surface area contributed by atoms with E-state index in [0.717, 1.165) is 10.9 Å². The molecule has 2 N–H and O–H groups in total. The van der Waals surface area contributed by atoms with Crippen molar-refractivity contribution in [2.24, 2.45) is 0 Å². The van der Waals surface area contributed by atoms with Crippen LogP contribution in [0.2, 0.25) is 0 Å². The van der Waals surface area contributed by atoms with Gasteiger partial charge in [0.25, 0.3) is 0 Å². The van der Waals surface area contributed by atoms with Crippen LogP contribution in [0.15, 0.2) is 30.5 Å². The molecule has 1 heterocycles. The van der Waals surface area contributed by atoms with E-state index < -0.39 is 0 Å². The molecule has 1 aliphatic carbocycles. The van der Waals surface area contributed by atoms with Gasteiger partial charge in [-0.25, -0.2) is 0 Å². The van der Waals surface area contributed by atoms with Gasteiger partial charge in [-0.3, -0.25) is 9.78 Å². The van der Waals surface area contributed by atoms with E-state index in [1.807, 2.05) is 12.1 Å². The van der Waals surface area contributed by atoms with Crippen LogP contribution in [0.5, 0.6) is 0 Å². The van der Waals surface area contributed by atoms with Gasteiger partial charge >= 0.3 is 0 Å². The predicted octanol–water partition coefficient (Wildman–Crippen LogP) is 3.19. The molecule has 3 nitrogen and oxygen atoms in total. The fraction of sp³-hybridized carbons (Fsp3) is 0.286. The molecule has 1 aromatic heterocycles. The number of pyridine rings is 1. The van der Waals surface area contributed by atoms with E-state index >= 15 is 0 Å². The summed E-state index contributed by atoms with van der Waals surface area (Å²) in [6, 6.07) is 7.26. The molecule has 17 heavy (non-hydrogen) atoms. The lowest BCUT2D eigenvalue weighted by Crippen LogP contribution is -1.93. The van der Waals surface area contributed by atoms with Crippen molar-refractivity contribution in [1.82, 2.24) is 4.98 Å². The van der Waals surface area contributed by atoms with Crippen LogP contribution >= 0.6 is 0 Å². The van der Waals surface area contributed by atoms with Crippen molar-refractivity contribution >= 4 is 22.4 Å². The topological polar surface area (TPSA) is 56.0 Å². The summed E-state index contributed by atoms with van der Waals surface area (Å²) >= 11 is 0. The number of carbonyl (C=O) groups excluding carboxylic acids is 1. The van der Waals surface area contributed by atoms with Gasteiger partial charge in [-0.05, 0) is 31.2 Å². The summed E-state index contributed by atoms with van der Waals surface area (Å²) in [5.41, 5.74) is 7.78. The Hall–Kier alpha value is -1.90. The van der Waals surface area contributed by atoms with Crippen molar-refractivity contribution in [2.45, 2.75) is 26.2 Å². The Morgan fingerprint density at radius 3 is 2.53 bits per heavy atom. The minimum atomic E-state index is 0.0156. The number of nitrogens with zero attached hydrogens (tertiary/aromatic N) is 1. The van der Waals surface area contributed by atoms with Crippen molar-refractivity contribution in [2.75, 3.05) is 5.73 Å². The summed E-state index contributed by atoms with van der Waals surface area (Å²) < 4.78 is 0. The van der Waals surface area contributed by atoms with E-state index in [-0.39, 0.29) is 5.78 Å². The molecule has 0 amide bonds. The molecule has 0 atom stereocenters. The predicted molar refractivity (Wildman–Crippen MR) is 70.0 cm³/mol. The van der Waals surface area contributed by atoms with Crippen molar-refractivity contribution in [1.29, 1.82) is 0 Å². The third kappa shape index (κ3) is 3.28. The molecule has 1 saturated carbocycles. The fourth-order valence-electron chi connectivity index (χ4n) is 1.34. The molecule has 0 saturated heterocycles. The number of Topliss-reactive ketones (excluding diaryl/α,β-unsaturated/α-hetero) is 1. The molecular formula is C14H16N2O. The first-order chi connectivity index (χ1) is 8.16. The second-order valence-electron chi connectivity index (χ2n) is 4.29. The minimum Gasteiger partial charge on any atom is -0.399 e. The maximum Gasteiger partial charge on any atom is 0.161 e. The Balaban J connectivity index is 0.000000313. The number of hydrogen-bond acceptors (Lipinski definition) is 3. The highest BCUT2D eigenvalue weighted by Crippen LogP contribution is 2.16. The molecule has 0 spiro atoms. The van der Waals surface area contributed by atoms with Crippen LogP contribution in [0.1, 0.15) is 36.5 Å². The van der Waals surface area contributed by atoms with Crippen LogP contribution in [0, 0.1) is 0 Å². The van der Waals surface area contributed by atoms with E-state index in [4.69, 9.17) is 5.73 Å². The second kappa shape index (κ2) is 4.95. The molecule has 1 fully saturated rings. The monoisotopic (exact) mass is 228 g/mol. The zero-order chi connectivity index (χ0) is 12.3. The van der Waals surface area contributed by atoms with Crippen LogP contribution in [-0.2, 0) is 0 Å². The normalized spacial score (nSPS) is 12.8. The SMILES string of the molecule is C1CC1.CC(=O)c1cnc2ccc(N)cc2c1. The van der Waals surface area contributed by atoms with Crippen molar-refractivity contribution in [3.05, 3.63) is 36.0 Å². The van der Waals surface area contributed by atoms with Gasteiger partial charge in [-0.15, -0.1) is 0 Å². The number of nitrogen functional groups attached to an aromatic ring is 1. The van der Waals surface area contributed by atoms with Gasteiger partial charge in [0, 0.05) is 22.8 Å². The van der Waals surface area contributed by atoms with Crippen molar-refractivity contribution < 1.29 is 4.79 Å². The highest BCUT2D eigenvalue weighted by Gasteiger charge is 2.01. The van der Waals surface area contributed by atoms with E-state index in [9.17, 15) is 4.79 Å². The zero-order valence-electron chi connectivity index (χ0n) is 9.94. The van der Waals surface area contributed by atoms with Crippen LogP contribution in [-0.4, -0.2) is 10.8 Å². The Morgan fingerprint density at radius 1 is 1.24 bits per heavy atom. The number of anilines is 1. The van der Waals surface area contributed by atoms with Crippen LogP contribution in [0.3, 0.4) is 0 Å². The van der Waals surface area contributed by atoms with Gasteiger partial charge in [0.1, 0.15) is 0 Å². The lowest BCUT2D eigenvalue weighted by molar-refractivity contribution is 0.101. The smallest absolute Gasteiger partial charge is 0.161 e. The van der Waals surface area contributed by atoms with Gasteiger partial charge in [0.2, 0.25) is 0 Å². The highest BCUT2D eigenvalue weighted by molar-refractivity contribution is 5.97. The molecule has 2 aromatic rings. The molecule has 1 aromatic carbocycles.